The van der Waals surface area contributed by atoms with Gasteiger partial charge in [-0.15, -0.1) is 0 Å². The van der Waals surface area contributed by atoms with Crippen LogP contribution in [-0.2, 0) is 9.53 Å². The summed E-state index contributed by atoms with van der Waals surface area (Å²) < 4.78 is 5.63. The third-order valence-electron chi connectivity index (χ3n) is 4.82. The van der Waals surface area contributed by atoms with Gasteiger partial charge in [-0.25, -0.2) is 0 Å². The summed E-state index contributed by atoms with van der Waals surface area (Å²) in [6.07, 6.45) is 0.466. The molecular weight excluding hydrogens is 370 g/mol. The van der Waals surface area contributed by atoms with Crippen molar-refractivity contribution in [2.75, 3.05) is 72.1 Å². The van der Waals surface area contributed by atoms with Crippen LogP contribution in [0.5, 0.6) is 0 Å². The monoisotopic (exact) mass is 417 g/mol. The second-order valence-corrected chi connectivity index (χ2v) is 8.20. The first kappa shape index (κ1) is 28.2. The first-order valence-electron chi connectivity index (χ1n) is 11.0. The van der Waals surface area contributed by atoms with Crippen molar-refractivity contribution in [3.8, 4) is 0 Å². The maximum absolute atomic E-state index is 12.0. The van der Waals surface area contributed by atoms with Crippen LogP contribution in [0, 0.1) is 5.92 Å². The van der Waals surface area contributed by atoms with E-state index in [-0.39, 0.29) is 17.5 Å². The highest BCUT2D eigenvalue weighted by Crippen LogP contribution is 2.16. The molecule has 174 valence electrons. The fourth-order valence-electron chi connectivity index (χ4n) is 2.52. The summed E-state index contributed by atoms with van der Waals surface area (Å²) in [5.74, 6) is 0.388. The third-order valence-corrected chi connectivity index (χ3v) is 4.82. The summed E-state index contributed by atoms with van der Waals surface area (Å²) in [5.41, 5.74) is 11.0. The minimum Gasteiger partial charge on any atom is -0.380 e. The molecule has 9 nitrogen and oxygen atoms in total. The molecule has 9 heteroatoms. The van der Waals surface area contributed by atoms with E-state index in [1.165, 1.54) is 0 Å². The topological polar surface area (TPSA) is 138 Å². The van der Waals surface area contributed by atoms with Gasteiger partial charge < -0.3 is 42.8 Å². The predicted molar refractivity (Wildman–Crippen MR) is 121 cm³/mol. The zero-order valence-electron chi connectivity index (χ0n) is 19.1. The third kappa shape index (κ3) is 17.7. The van der Waals surface area contributed by atoms with E-state index >= 15 is 0 Å². The molecule has 9 N–H and O–H groups in total. The highest BCUT2D eigenvalue weighted by Gasteiger charge is 2.25. The van der Waals surface area contributed by atoms with Crippen molar-refractivity contribution in [1.82, 2.24) is 26.6 Å². The minimum atomic E-state index is -0.105. The fourth-order valence-corrected chi connectivity index (χ4v) is 2.52. The lowest BCUT2D eigenvalue weighted by Gasteiger charge is -2.33. The lowest BCUT2D eigenvalue weighted by atomic mass is 9.89. The highest BCUT2D eigenvalue weighted by atomic mass is 16.5. The molecule has 29 heavy (non-hydrogen) atoms. The molecule has 0 radical (unpaired) electrons. The smallest absolute Gasteiger partial charge is 0.221 e. The molecule has 0 saturated carbocycles. The van der Waals surface area contributed by atoms with E-state index in [4.69, 9.17) is 16.2 Å². The van der Waals surface area contributed by atoms with Gasteiger partial charge in [0, 0.05) is 76.9 Å². The molecule has 0 fully saturated rings. The Balaban J connectivity index is 3.59. The molecule has 0 bridgehead atoms. The van der Waals surface area contributed by atoms with Crippen LogP contribution in [-0.4, -0.2) is 89.6 Å². The van der Waals surface area contributed by atoms with Crippen molar-refractivity contribution in [2.45, 2.75) is 45.7 Å². The number of ether oxygens (including phenoxy) is 1. The van der Waals surface area contributed by atoms with Gasteiger partial charge in [0.15, 0.2) is 0 Å². The van der Waals surface area contributed by atoms with Gasteiger partial charge in [-0.1, -0.05) is 6.92 Å². The number of rotatable bonds is 20. The zero-order chi connectivity index (χ0) is 22.0. The maximum Gasteiger partial charge on any atom is 0.221 e. The molecule has 0 aromatic carbocycles. The van der Waals surface area contributed by atoms with Crippen molar-refractivity contribution in [2.24, 2.45) is 17.4 Å². The first-order valence-corrected chi connectivity index (χ1v) is 11.0. The van der Waals surface area contributed by atoms with E-state index in [2.05, 4.69) is 47.4 Å². The Morgan fingerprint density at radius 3 is 2.00 bits per heavy atom. The Labute approximate surface area is 177 Å². The second-order valence-electron chi connectivity index (χ2n) is 8.20. The molecule has 0 spiro atoms. The summed E-state index contributed by atoms with van der Waals surface area (Å²) in [4.78, 5) is 12.0. The number of carbonyl (C=O) groups excluding carboxylic acids is 1. The van der Waals surface area contributed by atoms with Crippen LogP contribution < -0.4 is 38.1 Å². The van der Waals surface area contributed by atoms with Crippen molar-refractivity contribution < 1.29 is 9.53 Å². The Kier molecular flexibility index (Phi) is 17.5. The van der Waals surface area contributed by atoms with Gasteiger partial charge in [-0.3, -0.25) is 4.79 Å². The minimum absolute atomic E-state index is 0.0523. The Hall–Kier alpha value is -0.810. The van der Waals surface area contributed by atoms with Crippen molar-refractivity contribution >= 4 is 5.91 Å². The van der Waals surface area contributed by atoms with E-state index in [1.54, 1.807) is 0 Å². The molecule has 2 unspecified atom stereocenters. The van der Waals surface area contributed by atoms with Crippen LogP contribution in [0.15, 0.2) is 0 Å². The van der Waals surface area contributed by atoms with E-state index in [0.29, 0.717) is 45.2 Å². The van der Waals surface area contributed by atoms with Gasteiger partial charge in [0.05, 0.1) is 13.2 Å². The number of amides is 1. The summed E-state index contributed by atoms with van der Waals surface area (Å²) in [5, 5.41) is 16.3. The van der Waals surface area contributed by atoms with Gasteiger partial charge in [0.25, 0.3) is 0 Å². The number of hydrogen-bond acceptors (Lipinski definition) is 8. The quantitative estimate of drug-likeness (QED) is 0.120. The van der Waals surface area contributed by atoms with E-state index in [1.807, 2.05) is 6.92 Å². The molecule has 0 aromatic heterocycles. The largest absolute Gasteiger partial charge is 0.380 e. The van der Waals surface area contributed by atoms with Crippen LogP contribution in [0.4, 0.5) is 0 Å². The Morgan fingerprint density at radius 1 is 0.897 bits per heavy atom. The predicted octanol–water partition coefficient (Wildman–Crippen LogP) is -1.41. The first-order chi connectivity index (χ1) is 13.8. The lowest BCUT2D eigenvalue weighted by Crippen LogP contribution is -2.48. The molecule has 0 heterocycles. The van der Waals surface area contributed by atoms with Gasteiger partial charge in [0.2, 0.25) is 5.91 Å². The lowest BCUT2D eigenvalue weighted by molar-refractivity contribution is -0.121. The maximum atomic E-state index is 12.0. The molecular formula is C20H47N7O2. The molecule has 1 amide bonds. The van der Waals surface area contributed by atoms with Crippen molar-refractivity contribution in [1.29, 1.82) is 0 Å². The van der Waals surface area contributed by atoms with Crippen molar-refractivity contribution in [3.05, 3.63) is 0 Å². The molecule has 0 saturated heterocycles. The van der Waals surface area contributed by atoms with Crippen LogP contribution in [0.3, 0.4) is 0 Å². The van der Waals surface area contributed by atoms with Crippen LogP contribution in [0.1, 0.15) is 34.1 Å². The van der Waals surface area contributed by atoms with Gasteiger partial charge >= 0.3 is 0 Å². The standard InChI is InChI=1S/C20H47N7O2/c1-17(15-29-16-18(2)22)20(3,4)27-7-5-19(28)26-14-13-25-12-11-24-10-9-23-8-6-21/h17-18,23-25,27H,5-16,21-22H2,1-4H3,(H,26,28). The molecule has 0 rings (SSSR count). The van der Waals surface area contributed by atoms with E-state index in [0.717, 1.165) is 39.3 Å². The number of hydrogen-bond donors (Lipinski definition) is 7. The molecule has 2 atom stereocenters. The number of carbonyl (C=O) groups is 1. The Morgan fingerprint density at radius 2 is 1.45 bits per heavy atom. The fraction of sp³-hybridized carbons (Fsp3) is 0.950. The molecule has 0 aliphatic rings. The molecule has 0 aliphatic heterocycles. The molecule has 0 aromatic rings. The number of nitrogens with one attached hydrogen (secondary N) is 5. The Bertz CT molecular complexity index is 395. The van der Waals surface area contributed by atoms with Crippen molar-refractivity contribution in [3.63, 3.8) is 0 Å². The SMILES string of the molecule is CC(N)COCC(C)C(C)(C)NCCC(=O)NCCNCCNCCNCCN. The van der Waals surface area contributed by atoms with Gasteiger partial charge in [-0.05, 0) is 26.7 Å². The summed E-state index contributed by atoms with van der Waals surface area (Å²) in [6, 6.07) is 0.0523. The average Bonchev–Trinajstić information content (AvgIpc) is 2.65. The number of nitrogens with two attached hydrogens (primary N) is 2. The summed E-state index contributed by atoms with van der Waals surface area (Å²) in [6.45, 7) is 16.8. The van der Waals surface area contributed by atoms with E-state index < -0.39 is 0 Å². The highest BCUT2D eigenvalue weighted by molar-refractivity contribution is 5.76. The van der Waals surface area contributed by atoms with Gasteiger partial charge in [0.1, 0.15) is 0 Å². The van der Waals surface area contributed by atoms with Crippen LogP contribution in [0.2, 0.25) is 0 Å². The second kappa shape index (κ2) is 18.0. The summed E-state index contributed by atoms with van der Waals surface area (Å²) >= 11 is 0. The molecule has 0 aliphatic carbocycles. The van der Waals surface area contributed by atoms with Crippen LogP contribution in [0.25, 0.3) is 0 Å². The van der Waals surface area contributed by atoms with Crippen LogP contribution >= 0.6 is 0 Å². The zero-order valence-corrected chi connectivity index (χ0v) is 19.1. The normalized spacial score (nSPS) is 14.0. The summed E-state index contributed by atoms with van der Waals surface area (Å²) in [7, 11) is 0. The van der Waals surface area contributed by atoms with Gasteiger partial charge in [-0.2, -0.15) is 0 Å². The van der Waals surface area contributed by atoms with E-state index in [9.17, 15) is 4.79 Å². The average molecular weight is 418 g/mol.